The molecule has 0 aromatic heterocycles. The molecule has 0 spiro atoms. The molecule has 0 radical (unpaired) electrons. The lowest BCUT2D eigenvalue weighted by Crippen LogP contribution is -2.55. The van der Waals surface area contributed by atoms with Gasteiger partial charge in [-0.1, -0.05) is 0 Å². The van der Waals surface area contributed by atoms with Gasteiger partial charge in [0.15, 0.2) is 0 Å². The van der Waals surface area contributed by atoms with E-state index in [4.69, 9.17) is 4.74 Å². The second-order valence-electron chi connectivity index (χ2n) is 8.06. The zero-order valence-corrected chi connectivity index (χ0v) is 16.9. The number of halogens is 1. The summed E-state index contributed by atoms with van der Waals surface area (Å²) in [5, 5.41) is 3.39. The van der Waals surface area contributed by atoms with Crippen LogP contribution in [0.4, 0.5) is 0 Å². The minimum absolute atomic E-state index is 0. The van der Waals surface area contributed by atoms with Gasteiger partial charge < -0.3 is 19.9 Å². The first kappa shape index (κ1) is 20.8. The van der Waals surface area contributed by atoms with Crippen molar-refractivity contribution >= 4 is 24.2 Å². The molecule has 0 aliphatic carbocycles. The van der Waals surface area contributed by atoms with E-state index in [0.717, 1.165) is 77.8 Å². The van der Waals surface area contributed by atoms with Gasteiger partial charge in [0.1, 0.15) is 12.1 Å². The molecule has 0 aromatic carbocycles. The highest BCUT2D eigenvalue weighted by Crippen LogP contribution is 2.25. The van der Waals surface area contributed by atoms with Gasteiger partial charge in [0.05, 0.1) is 0 Å². The summed E-state index contributed by atoms with van der Waals surface area (Å²) in [7, 11) is 0. The molecule has 4 aliphatic rings. The number of piperazine rings is 1. The van der Waals surface area contributed by atoms with Gasteiger partial charge in [0.25, 0.3) is 5.91 Å². The molecule has 4 fully saturated rings. The van der Waals surface area contributed by atoms with Crippen LogP contribution in [0.1, 0.15) is 38.5 Å². The van der Waals surface area contributed by atoms with E-state index < -0.39 is 0 Å². The zero-order valence-electron chi connectivity index (χ0n) is 16.1. The number of ether oxygens (including phenoxy) is 1. The molecule has 3 atom stereocenters. The van der Waals surface area contributed by atoms with Crippen LogP contribution in [0.25, 0.3) is 0 Å². The molecule has 7 nitrogen and oxygen atoms in total. The maximum atomic E-state index is 13.2. The molecule has 4 saturated heterocycles. The predicted octanol–water partition coefficient (Wildman–Crippen LogP) is 0.474. The standard InChI is InChI=1S/C19H32N4O3.ClH/c24-18(22-10-6-15(14-22)21-11-7-20-8-12-21)16-4-1-2-9-23(16)19(25)17-5-3-13-26-17;/h15-17,20H,1-14H2;1H. The number of piperidine rings is 1. The third-order valence-electron chi connectivity index (χ3n) is 6.42. The second kappa shape index (κ2) is 9.54. The summed E-state index contributed by atoms with van der Waals surface area (Å²) in [6.07, 6.45) is 5.29. The number of hydrogen-bond donors (Lipinski definition) is 1. The first-order valence-corrected chi connectivity index (χ1v) is 10.4. The molecule has 4 rings (SSSR count). The number of rotatable bonds is 3. The molecule has 27 heavy (non-hydrogen) atoms. The van der Waals surface area contributed by atoms with Gasteiger partial charge in [-0.3, -0.25) is 14.5 Å². The predicted molar refractivity (Wildman–Crippen MR) is 105 cm³/mol. The summed E-state index contributed by atoms with van der Waals surface area (Å²) in [6, 6.07) is 0.203. The normalized spacial score (nSPS) is 32.4. The topological polar surface area (TPSA) is 65.1 Å². The quantitative estimate of drug-likeness (QED) is 0.746. The molecule has 154 valence electrons. The minimum atomic E-state index is -0.324. The molecule has 0 saturated carbocycles. The largest absolute Gasteiger partial charge is 0.368 e. The van der Waals surface area contributed by atoms with Crippen LogP contribution in [0, 0.1) is 0 Å². The van der Waals surface area contributed by atoms with Gasteiger partial charge in [-0.05, 0) is 38.5 Å². The average molecular weight is 401 g/mol. The van der Waals surface area contributed by atoms with Crippen molar-refractivity contribution in [3.05, 3.63) is 0 Å². The van der Waals surface area contributed by atoms with Crippen molar-refractivity contribution in [1.29, 1.82) is 0 Å². The fraction of sp³-hybridized carbons (Fsp3) is 0.895. The van der Waals surface area contributed by atoms with Crippen molar-refractivity contribution in [3.8, 4) is 0 Å². The molecular formula is C19H33ClN4O3. The van der Waals surface area contributed by atoms with E-state index in [2.05, 4.69) is 10.2 Å². The van der Waals surface area contributed by atoms with E-state index in [1.54, 1.807) is 0 Å². The van der Waals surface area contributed by atoms with E-state index >= 15 is 0 Å². The molecule has 0 aromatic rings. The fourth-order valence-corrected chi connectivity index (χ4v) is 4.91. The van der Waals surface area contributed by atoms with Crippen molar-refractivity contribution in [2.75, 3.05) is 52.4 Å². The summed E-state index contributed by atoms with van der Waals surface area (Å²) in [4.78, 5) is 32.4. The average Bonchev–Trinajstić information content (AvgIpc) is 3.40. The summed E-state index contributed by atoms with van der Waals surface area (Å²) in [5.74, 6) is 0.201. The van der Waals surface area contributed by atoms with Gasteiger partial charge in [-0.25, -0.2) is 0 Å². The zero-order chi connectivity index (χ0) is 17.9. The van der Waals surface area contributed by atoms with Crippen LogP contribution in [-0.2, 0) is 14.3 Å². The summed E-state index contributed by atoms with van der Waals surface area (Å²) in [6.45, 7) is 7.22. The van der Waals surface area contributed by atoms with Crippen molar-refractivity contribution < 1.29 is 14.3 Å². The summed E-state index contributed by atoms with van der Waals surface area (Å²) < 4.78 is 5.59. The Morgan fingerprint density at radius 3 is 2.44 bits per heavy atom. The third-order valence-corrected chi connectivity index (χ3v) is 6.42. The third kappa shape index (κ3) is 4.58. The highest BCUT2D eigenvalue weighted by molar-refractivity contribution is 5.90. The molecule has 1 N–H and O–H groups in total. The van der Waals surface area contributed by atoms with E-state index in [0.29, 0.717) is 19.2 Å². The van der Waals surface area contributed by atoms with Crippen molar-refractivity contribution in [3.63, 3.8) is 0 Å². The van der Waals surface area contributed by atoms with Gasteiger partial charge in [0, 0.05) is 58.5 Å². The van der Waals surface area contributed by atoms with Gasteiger partial charge in [0.2, 0.25) is 5.91 Å². The Kier molecular flexibility index (Phi) is 7.36. The Morgan fingerprint density at radius 2 is 1.70 bits per heavy atom. The Labute approximate surface area is 168 Å². The number of likely N-dealkylation sites (tertiary alicyclic amines) is 2. The first-order valence-electron chi connectivity index (χ1n) is 10.4. The molecule has 3 unspecified atom stereocenters. The smallest absolute Gasteiger partial charge is 0.252 e. The Hall–Kier alpha value is -0.890. The summed E-state index contributed by atoms with van der Waals surface area (Å²) >= 11 is 0. The molecule has 4 aliphatic heterocycles. The number of hydrogen-bond acceptors (Lipinski definition) is 5. The Morgan fingerprint density at radius 1 is 0.889 bits per heavy atom. The first-order chi connectivity index (χ1) is 12.7. The number of carbonyl (C=O) groups excluding carboxylic acids is 2. The van der Waals surface area contributed by atoms with Crippen LogP contribution in [0.15, 0.2) is 0 Å². The highest BCUT2D eigenvalue weighted by atomic mass is 35.5. The number of nitrogens with zero attached hydrogens (tertiary/aromatic N) is 3. The molecule has 0 bridgehead atoms. The van der Waals surface area contributed by atoms with Gasteiger partial charge in [-0.15, -0.1) is 12.4 Å². The van der Waals surface area contributed by atoms with Gasteiger partial charge in [-0.2, -0.15) is 0 Å². The lowest BCUT2D eigenvalue weighted by Gasteiger charge is -2.38. The Bertz CT molecular complexity index is 523. The van der Waals surface area contributed by atoms with E-state index in [1.165, 1.54) is 0 Å². The fourth-order valence-electron chi connectivity index (χ4n) is 4.91. The van der Waals surface area contributed by atoms with E-state index in [-0.39, 0.29) is 36.4 Å². The number of amides is 2. The lowest BCUT2D eigenvalue weighted by molar-refractivity contribution is -0.153. The molecular weight excluding hydrogens is 368 g/mol. The van der Waals surface area contributed by atoms with Crippen molar-refractivity contribution in [2.45, 2.75) is 56.7 Å². The SMILES string of the molecule is Cl.O=C(C1CCCCN1C(=O)C1CCCO1)N1CCC(N2CCNCC2)C1. The van der Waals surface area contributed by atoms with Crippen molar-refractivity contribution in [1.82, 2.24) is 20.0 Å². The van der Waals surface area contributed by atoms with Crippen LogP contribution in [0.2, 0.25) is 0 Å². The lowest BCUT2D eigenvalue weighted by atomic mass is 9.99. The van der Waals surface area contributed by atoms with E-state index in [9.17, 15) is 9.59 Å². The van der Waals surface area contributed by atoms with Crippen LogP contribution in [0.5, 0.6) is 0 Å². The van der Waals surface area contributed by atoms with Crippen LogP contribution < -0.4 is 5.32 Å². The maximum Gasteiger partial charge on any atom is 0.252 e. The van der Waals surface area contributed by atoms with Crippen LogP contribution in [-0.4, -0.2) is 97.1 Å². The van der Waals surface area contributed by atoms with Crippen LogP contribution in [0.3, 0.4) is 0 Å². The monoisotopic (exact) mass is 400 g/mol. The number of nitrogens with one attached hydrogen (secondary N) is 1. The van der Waals surface area contributed by atoms with E-state index in [1.807, 2.05) is 9.80 Å². The second-order valence-corrected chi connectivity index (χ2v) is 8.06. The number of carbonyl (C=O) groups is 2. The Balaban J connectivity index is 0.00000210. The molecule has 8 heteroatoms. The van der Waals surface area contributed by atoms with Crippen LogP contribution >= 0.6 is 12.4 Å². The minimum Gasteiger partial charge on any atom is -0.368 e. The molecule has 4 heterocycles. The maximum absolute atomic E-state index is 13.2. The highest BCUT2D eigenvalue weighted by Gasteiger charge is 2.40. The van der Waals surface area contributed by atoms with Gasteiger partial charge >= 0.3 is 0 Å². The van der Waals surface area contributed by atoms with Crippen molar-refractivity contribution in [2.24, 2.45) is 0 Å². The molecule has 2 amide bonds. The summed E-state index contributed by atoms with van der Waals surface area (Å²) in [5.41, 5.74) is 0.